The zero-order chi connectivity index (χ0) is 23.2. The van der Waals surface area contributed by atoms with Gasteiger partial charge in [-0.15, -0.1) is 10.2 Å². The highest BCUT2D eigenvalue weighted by molar-refractivity contribution is 7.99. The Hall–Kier alpha value is -3.93. The second-order valence-corrected chi connectivity index (χ2v) is 7.85. The van der Waals surface area contributed by atoms with Gasteiger partial charge < -0.3 is 25.4 Å². The van der Waals surface area contributed by atoms with Crippen LogP contribution in [0, 0.1) is 0 Å². The van der Waals surface area contributed by atoms with Crippen molar-refractivity contribution in [3.8, 4) is 17.2 Å². The first-order valence-electron chi connectivity index (χ1n) is 10.0. The maximum atomic E-state index is 12.3. The van der Waals surface area contributed by atoms with Gasteiger partial charge in [-0.3, -0.25) is 4.79 Å². The molecule has 0 unspecified atom stereocenters. The Labute approximate surface area is 194 Å². The summed E-state index contributed by atoms with van der Waals surface area (Å²) in [6.45, 7) is 2.84. The number of anilines is 2. The number of carbonyl (C=O) groups is 1. The molecule has 3 aromatic rings. The van der Waals surface area contributed by atoms with Crippen molar-refractivity contribution in [2.24, 2.45) is 5.10 Å². The van der Waals surface area contributed by atoms with E-state index in [0.717, 1.165) is 28.8 Å². The number of hydrogen-bond acceptors (Lipinski definition) is 10. The molecular formula is C21H23N7O4S. The molecule has 11 nitrogen and oxygen atoms in total. The molecule has 1 aromatic heterocycles. The number of nitrogens with one attached hydrogen (secondary N) is 2. The maximum Gasteiger partial charge on any atom is 0.264 e. The number of nitrogen functional groups attached to an aromatic ring is 1. The van der Waals surface area contributed by atoms with Crippen molar-refractivity contribution < 1.29 is 19.0 Å². The lowest BCUT2D eigenvalue weighted by Crippen LogP contribution is -2.18. The van der Waals surface area contributed by atoms with Crippen LogP contribution in [0.3, 0.4) is 0 Å². The van der Waals surface area contributed by atoms with Crippen molar-refractivity contribution in [1.82, 2.24) is 14.9 Å². The molecule has 1 aliphatic rings. The van der Waals surface area contributed by atoms with Gasteiger partial charge in [-0.2, -0.15) is 5.10 Å². The van der Waals surface area contributed by atoms with Crippen molar-refractivity contribution in [1.29, 1.82) is 0 Å². The number of ether oxygens (including phenoxy) is 3. The third-order valence-corrected chi connectivity index (χ3v) is 5.60. The largest absolute Gasteiger partial charge is 0.497 e. The van der Waals surface area contributed by atoms with Crippen LogP contribution in [0.15, 0.2) is 52.7 Å². The summed E-state index contributed by atoms with van der Waals surface area (Å²) < 4.78 is 17.4. The number of nitrogens with zero attached hydrogens (tertiary/aromatic N) is 4. The number of hydrazone groups is 1. The first-order chi connectivity index (χ1) is 16.0. The summed E-state index contributed by atoms with van der Waals surface area (Å²) in [6.07, 6.45) is 0. The fraction of sp³-hybridized carbons (Fsp3) is 0.238. The minimum absolute atomic E-state index is 0.0952. The van der Waals surface area contributed by atoms with Crippen LogP contribution in [-0.2, 0) is 4.79 Å². The van der Waals surface area contributed by atoms with E-state index >= 15 is 0 Å². The van der Waals surface area contributed by atoms with Crippen molar-refractivity contribution in [2.45, 2.75) is 12.1 Å². The summed E-state index contributed by atoms with van der Waals surface area (Å²) in [5.41, 5.74) is 5.06. The van der Waals surface area contributed by atoms with Crippen LogP contribution in [0.1, 0.15) is 12.5 Å². The van der Waals surface area contributed by atoms with Crippen molar-refractivity contribution in [3.63, 3.8) is 0 Å². The molecule has 0 spiro atoms. The predicted octanol–water partition coefficient (Wildman–Crippen LogP) is 2.34. The number of benzene rings is 2. The molecule has 0 radical (unpaired) electrons. The summed E-state index contributed by atoms with van der Waals surface area (Å²) in [5.74, 6) is 8.20. The van der Waals surface area contributed by atoms with E-state index in [0.29, 0.717) is 35.6 Å². The van der Waals surface area contributed by atoms with Gasteiger partial charge in [0.15, 0.2) is 11.5 Å². The molecule has 2 heterocycles. The summed E-state index contributed by atoms with van der Waals surface area (Å²) in [4.78, 5) is 12.3. The molecule has 0 aliphatic carbocycles. The van der Waals surface area contributed by atoms with Gasteiger partial charge in [-0.05, 0) is 48.9 Å². The zero-order valence-corrected chi connectivity index (χ0v) is 18.9. The molecule has 12 heteroatoms. The molecule has 2 aromatic carbocycles. The minimum Gasteiger partial charge on any atom is -0.497 e. The van der Waals surface area contributed by atoms with Crippen LogP contribution in [0.4, 0.5) is 11.6 Å². The van der Waals surface area contributed by atoms with Gasteiger partial charge in [0.2, 0.25) is 11.1 Å². The summed E-state index contributed by atoms with van der Waals surface area (Å²) in [7, 11) is 1.61. The van der Waals surface area contributed by atoms with Gasteiger partial charge >= 0.3 is 0 Å². The van der Waals surface area contributed by atoms with Crippen LogP contribution in [0.25, 0.3) is 0 Å². The van der Waals surface area contributed by atoms with Gasteiger partial charge in [0, 0.05) is 11.8 Å². The second-order valence-electron chi connectivity index (χ2n) is 6.91. The fourth-order valence-electron chi connectivity index (χ4n) is 2.93. The number of amides is 1. The molecule has 4 N–H and O–H groups in total. The number of hydrogen-bond donors (Lipinski definition) is 3. The molecule has 4 rings (SSSR count). The quantitative estimate of drug-likeness (QED) is 0.196. The van der Waals surface area contributed by atoms with E-state index in [-0.39, 0.29) is 17.6 Å². The first-order valence-corrected chi connectivity index (χ1v) is 11.0. The Morgan fingerprint density at radius 2 is 1.94 bits per heavy atom. The summed E-state index contributed by atoms with van der Waals surface area (Å²) >= 11 is 1.15. The summed E-state index contributed by atoms with van der Waals surface area (Å²) in [5, 5.41) is 15.5. The monoisotopic (exact) mass is 469 g/mol. The Kier molecular flexibility index (Phi) is 6.83. The Morgan fingerprint density at radius 3 is 2.70 bits per heavy atom. The fourth-order valence-corrected chi connectivity index (χ4v) is 3.59. The Morgan fingerprint density at radius 1 is 1.18 bits per heavy atom. The highest BCUT2D eigenvalue weighted by Gasteiger charge is 2.15. The van der Waals surface area contributed by atoms with E-state index in [1.807, 2.05) is 31.2 Å². The van der Waals surface area contributed by atoms with E-state index in [9.17, 15) is 4.79 Å². The first kappa shape index (κ1) is 22.3. The third kappa shape index (κ3) is 5.47. The molecule has 33 heavy (non-hydrogen) atoms. The number of thioether (sulfide) groups is 1. The van der Waals surface area contributed by atoms with Gasteiger partial charge in [0.1, 0.15) is 19.0 Å². The smallest absolute Gasteiger partial charge is 0.264 e. The number of rotatable bonds is 8. The lowest BCUT2D eigenvalue weighted by atomic mass is 10.1. The van der Waals surface area contributed by atoms with Gasteiger partial charge in [0.25, 0.3) is 5.95 Å². The molecule has 0 atom stereocenters. The standard InChI is InChI=1S/C21H23N7O4S/c1-13(14-3-6-16(30-2)7-4-14)24-25-20-26-27-21(28(20)22)33-12-19(29)23-15-5-8-17-18(11-15)32-10-9-31-17/h3-8,11H,9-10,12,22H2,1-2H3,(H,23,29)(H,25,26)/b24-13+. The molecular weight excluding hydrogens is 446 g/mol. The number of nitrogens with two attached hydrogens (primary N) is 1. The van der Waals surface area contributed by atoms with E-state index in [2.05, 4.69) is 26.0 Å². The van der Waals surface area contributed by atoms with E-state index in [1.165, 1.54) is 4.68 Å². The van der Waals surface area contributed by atoms with E-state index in [1.54, 1.807) is 25.3 Å². The number of carbonyl (C=O) groups excluding carboxylic acids is 1. The lowest BCUT2D eigenvalue weighted by molar-refractivity contribution is -0.113. The molecule has 0 saturated heterocycles. The number of fused-ring (bicyclic) bond motifs is 1. The molecule has 172 valence electrons. The van der Waals surface area contributed by atoms with Gasteiger partial charge in [-0.1, -0.05) is 11.8 Å². The minimum atomic E-state index is -0.220. The highest BCUT2D eigenvalue weighted by atomic mass is 32.2. The van der Waals surface area contributed by atoms with E-state index in [4.69, 9.17) is 20.1 Å². The molecule has 1 amide bonds. The number of methoxy groups -OCH3 is 1. The molecule has 0 fully saturated rings. The SMILES string of the molecule is COc1ccc(/C(C)=N/Nc2nnc(SCC(=O)Nc3ccc4c(c3)OCCO4)n2N)cc1. The van der Waals surface area contributed by atoms with Crippen molar-refractivity contribution >= 4 is 35.0 Å². The average Bonchev–Trinajstić information content (AvgIpc) is 3.20. The van der Waals surface area contributed by atoms with Gasteiger partial charge in [0.05, 0.1) is 18.6 Å². The van der Waals surface area contributed by atoms with Crippen LogP contribution in [0.2, 0.25) is 0 Å². The van der Waals surface area contributed by atoms with Crippen LogP contribution < -0.4 is 30.8 Å². The highest BCUT2D eigenvalue weighted by Crippen LogP contribution is 2.32. The van der Waals surface area contributed by atoms with Gasteiger partial charge in [-0.25, -0.2) is 10.1 Å². The van der Waals surface area contributed by atoms with Crippen LogP contribution in [0.5, 0.6) is 17.2 Å². The normalized spacial score (nSPS) is 12.8. The van der Waals surface area contributed by atoms with Crippen molar-refractivity contribution in [3.05, 3.63) is 48.0 Å². The lowest BCUT2D eigenvalue weighted by Gasteiger charge is -2.18. The second kappa shape index (κ2) is 10.1. The number of aromatic nitrogens is 3. The Bertz CT molecular complexity index is 1160. The van der Waals surface area contributed by atoms with Crippen LogP contribution >= 0.6 is 11.8 Å². The molecule has 0 bridgehead atoms. The Balaban J connectivity index is 1.31. The maximum absolute atomic E-state index is 12.3. The van der Waals surface area contributed by atoms with E-state index < -0.39 is 0 Å². The van der Waals surface area contributed by atoms with Crippen LogP contribution in [-0.4, -0.2) is 52.6 Å². The summed E-state index contributed by atoms with van der Waals surface area (Å²) in [6, 6.07) is 12.7. The average molecular weight is 470 g/mol. The topological polar surface area (TPSA) is 138 Å². The molecule has 0 saturated carbocycles. The van der Waals surface area contributed by atoms with Crippen molar-refractivity contribution in [2.75, 3.05) is 42.7 Å². The molecule has 1 aliphatic heterocycles. The predicted molar refractivity (Wildman–Crippen MR) is 126 cm³/mol. The third-order valence-electron chi connectivity index (χ3n) is 4.65. The zero-order valence-electron chi connectivity index (χ0n) is 18.1.